The van der Waals surface area contributed by atoms with E-state index in [1.54, 1.807) is 6.07 Å². The third-order valence-electron chi connectivity index (χ3n) is 7.95. The molecule has 163 valence electrons. The molecular formula is C30H25FIr-2. The zero-order chi connectivity index (χ0) is 21.4. The van der Waals surface area contributed by atoms with Crippen LogP contribution in [0.4, 0.5) is 4.39 Å². The van der Waals surface area contributed by atoms with Gasteiger partial charge in [0.2, 0.25) is 0 Å². The second-order valence-corrected chi connectivity index (χ2v) is 9.47. The molecule has 0 amide bonds. The first-order valence-electron chi connectivity index (χ1n) is 11.3. The Balaban J connectivity index is 0.00000216. The second-order valence-electron chi connectivity index (χ2n) is 9.47. The molecule has 0 aliphatic heterocycles. The monoisotopic (exact) mass is 597 g/mol. The maximum Gasteiger partial charge on any atom is 0.0561 e. The molecule has 0 nitrogen and oxygen atoms in total. The van der Waals surface area contributed by atoms with Crippen molar-refractivity contribution in [3.05, 3.63) is 94.8 Å². The van der Waals surface area contributed by atoms with Gasteiger partial charge in [-0.2, -0.15) is 23.8 Å². The van der Waals surface area contributed by atoms with Crippen LogP contribution in [-0.2, 0) is 20.1 Å². The summed E-state index contributed by atoms with van der Waals surface area (Å²) in [5, 5.41) is 1.43. The summed E-state index contributed by atoms with van der Waals surface area (Å²) in [6, 6.07) is 25.5. The average Bonchev–Trinajstić information content (AvgIpc) is 2.79. The Morgan fingerprint density at radius 1 is 0.656 bits per heavy atom. The van der Waals surface area contributed by atoms with Crippen LogP contribution >= 0.6 is 0 Å². The molecule has 4 atom stereocenters. The van der Waals surface area contributed by atoms with Gasteiger partial charge < -0.3 is 0 Å². The van der Waals surface area contributed by atoms with Gasteiger partial charge in [0.15, 0.2) is 0 Å². The minimum atomic E-state index is -0.195. The van der Waals surface area contributed by atoms with Gasteiger partial charge in [0, 0.05) is 20.1 Å². The summed E-state index contributed by atoms with van der Waals surface area (Å²) in [5.74, 6) is 1.45. The van der Waals surface area contributed by atoms with E-state index in [2.05, 4.69) is 64.1 Å². The Hall–Kier alpha value is -2.28. The Morgan fingerprint density at radius 2 is 1.28 bits per heavy atom. The van der Waals surface area contributed by atoms with Crippen molar-refractivity contribution < 1.29 is 24.5 Å². The summed E-state index contributed by atoms with van der Waals surface area (Å²) in [6.07, 6.45) is 0. The van der Waals surface area contributed by atoms with E-state index >= 15 is 0 Å². The summed E-state index contributed by atoms with van der Waals surface area (Å²) in [6.45, 7) is 9.30. The Bertz CT molecular complexity index is 1310. The molecule has 2 aliphatic carbocycles. The SMILES string of the molecule is CC1c2[c-]c(-c3[c-]c4ccccc4c(F)c3)cc3c2-c2c(cccc2C(C)C3C)C1C.[Ir]. The van der Waals surface area contributed by atoms with Crippen molar-refractivity contribution >= 4 is 10.8 Å². The van der Waals surface area contributed by atoms with Crippen LogP contribution < -0.4 is 0 Å². The van der Waals surface area contributed by atoms with Gasteiger partial charge in [0.05, 0.1) is 5.82 Å². The second kappa shape index (κ2) is 7.65. The minimum absolute atomic E-state index is 0. The molecule has 0 N–H and O–H groups in total. The van der Waals surface area contributed by atoms with Crippen molar-refractivity contribution in [2.45, 2.75) is 51.4 Å². The molecule has 2 aliphatic rings. The van der Waals surface area contributed by atoms with E-state index in [-0.39, 0.29) is 25.9 Å². The topological polar surface area (TPSA) is 0 Å². The summed E-state index contributed by atoms with van der Waals surface area (Å²) in [5.41, 5.74) is 10.1. The van der Waals surface area contributed by atoms with Crippen molar-refractivity contribution in [1.82, 2.24) is 0 Å². The Kier molecular flexibility index (Phi) is 5.15. The summed E-state index contributed by atoms with van der Waals surface area (Å²) in [4.78, 5) is 0. The van der Waals surface area contributed by atoms with Gasteiger partial charge in [-0.15, -0.1) is 28.6 Å². The van der Waals surface area contributed by atoms with Gasteiger partial charge in [0.1, 0.15) is 0 Å². The molecule has 0 saturated carbocycles. The smallest absolute Gasteiger partial charge is 0.0561 e. The molecule has 0 aromatic heterocycles. The number of hydrogen-bond donors (Lipinski definition) is 0. The average molecular weight is 597 g/mol. The van der Waals surface area contributed by atoms with Crippen molar-refractivity contribution in [3.63, 3.8) is 0 Å². The molecule has 1 radical (unpaired) electrons. The van der Waals surface area contributed by atoms with E-state index < -0.39 is 0 Å². The predicted octanol–water partition coefficient (Wildman–Crippen LogP) is 8.35. The van der Waals surface area contributed by atoms with Gasteiger partial charge in [0.25, 0.3) is 0 Å². The van der Waals surface area contributed by atoms with E-state index in [1.165, 1.54) is 33.4 Å². The first-order chi connectivity index (χ1) is 15.0. The third-order valence-corrected chi connectivity index (χ3v) is 7.95. The Morgan fingerprint density at radius 3 is 2.03 bits per heavy atom. The van der Waals surface area contributed by atoms with Gasteiger partial charge in [-0.1, -0.05) is 80.6 Å². The van der Waals surface area contributed by atoms with Crippen LogP contribution in [0.1, 0.15) is 73.6 Å². The van der Waals surface area contributed by atoms with Crippen LogP contribution in [0.5, 0.6) is 0 Å². The van der Waals surface area contributed by atoms with E-state index in [1.807, 2.05) is 24.3 Å². The first-order valence-corrected chi connectivity index (χ1v) is 11.3. The molecule has 0 heterocycles. The van der Waals surface area contributed by atoms with Crippen LogP contribution in [0.3, 0.4) is 0 Å². The Labute approximate surface area is 203 Å². The molecule has 0 spiro atoms. The van der Waals surface area contributed by atoms with Crippen molar-refractivity contribution in [3.8, 4) is 22.3 Å². The molecule has 4 aromatic carbocycles. The quantitative estimate of drug-likeness (QED) is 0.194. The van der Waals surface area contributed by atoms with Crippen molar-refractivity contribution in [1.29, 1.82) is 0 Å². The molecule has 4 aromatic rings. The summed E-state index contributed by atoms with van der Waals surface area (Å²) in [7, 11) is 0. The normalized spacial score (nSPS) is 22.9. The summed E-state index contributed by atoms with van der Waals surface area (Å²) >= 11 is 0. The minimum Gasteiger partial charge on any atom is -0.225 e. The van der Waals surface area contributed by atoms with E-state index in [9.17, 15) is 4.39 Å². The van der Waals surface area contributed by atoms with E-state index in [4.69, 9.17) is 0 Å². The first kappa shape index (κ1) is 21.6. The number of halogens is 1. The van der Waals surface area contributed by atoms with Gasteiger partial charge in [-0.3, -0.25) is 0 Å². The third kappa shape index (κ3) is 2.89. The molecular weight excluding hydrogens is 572 g/mol. The van der Waals surface area contributed by atoms with Crippen LogP contribution in [0.2, 0.25) is 0 Å². The standard InChI is InChI=1S/C30H25F.Ir/c1-16-18(3)26-13-22(21-12-20-8-5-6-9-25(20)28(31)15-21)14-27-19(4)17(2)24-11-7-10-23(16)29(24)30(26)27;/h5-11,13,15-19H,1-4H3;/q-2;. The van der Waals surface area contributed by atoms with Crippen molar-refractivity contribution in [2.24, 2.45) is 0 Å². The van der Waals surface area contributed by atoms with E-state index in [0.29, 0.717) is 29.1 Å². The molecule has 2 heteroatoms. The van der Waals surface area contributed by atoms with Crippen LogP contribution in [-0.4, -0.2) is 0 Å². The van der Waals surface area contributed by atoms with Gasteiger partial charge >= 0.3 is 0 Å². The fourth-order valence-electron chi connectivity index (χ4n) is 5.78. The molecule has 0 bridgehead atoms. The number of hydrogen-bond acceptors (Lipinski definition) is 0. The fourth-order valence-corrected chi connectivity index (χ4v) is 5.78. The van der Waals surface area contributed by atoms with Crippen LogP contribution in [0, 0.1) is 17.9 Å². The number of benzene rings is 4. The molecule has 0 saturated heterocycles. The van der Waals surface area contributed by atoms with Gasteiger partial charge in [-0.05, 0) is 34.8 Å². The fraction of sp³-hybridized carbons (Fsp3) is 0.267. The zero-order valence-electron chi connectivity index (χ0n) is 18.7. The molecule has 4 unspecified atom stereocenters. The number of fused-ring (bicyclic) bond motifs is 1. The molecule has 0 fully saturated rings. The van der Waals surface area contributed by atoms with Crippen LogP contribution in [0.25, 0.3) is 33.0 Å². The van der Waals surface area contributed by atoms with Gasteiger partial charge in [-0.25, -0.2) is 9.95 Å². The zero-order valence-corrected chi connectivity index (χ0v) is 21.1. The number of rotatable bonds is 1. The van der Waals surface area contributed by atoms with Crippen molar-refractivity contribution in [2.75, 3.05) is 0 Å². The summed E-state index contributed by atoms with van der Waals surface area (Å²) < 4.78 is 14.9. The maximum absolute atomic E-state index is 14.9. The molecule has 32 heavy (non-hydrogen) atoms. The largest absolute Gasteiger partial charge is 0.225 e. The predicted molar refractivity (Wildman–Crippen MR) is 126 cm³/mol. The molecule has 6 rings (SSSR count). The van der Waals surface area contributed by atoms with E-state index in [0.717, 1.165) is 16.5 Å². The maximum atomic E-state index is 14.9. The van der Waals surface area contributed by atoms with Crippen LogP contribution in [0.15, 0.2) is 54.6 Å².